The van der Waals surface area contributed by atoms with Crippen LogP contribution in [0.1, 0.15) is 37.7 Å². The number of nitrogens with two attached hydrogens (primary N) is 1. The van der Waals surface area contributed by atoms with E-state index in [1.165, 1.54) is 6.07 Å². The molecule has 11 heteroatoms. The molecule has 0 bridgehead atoms. The number of alkyl halides is 2. The van der Waals surface area contributed by atoms with Crippen molar-refractivity contribution < 1.29 is 18.6 Å². The maximum absolute atomic E-state index is 14.8. The van der Waals surface area contributed by atoms with Crippen molar-refractivity contribution in [3.05, 3.63) is 40.7 Å². The molecule has 0 aliphatic carbocycles. The van der Waals surface area contributed by atoms with E-state index in [0.717, 1.165) is 24.7 Å². The van der Waals surface area contributed by atoms with Gasteiger partial charge in [0, 0.05) is 25.5 Å². The van der Waals surface area contributed by atoms with Gasteiger partial charge >= 0.3 is 11.6 Å². The molecule has 0 aromatic carbocycles. The van der Waals surface area contributed by atoms with Crippen molar-refractivity contribution in [2.24, 2.45) is 0 Å². The number of anilines is 1. The number of hydrogen-bond acceptors (Lipinski definition) is 7. The lowest BCUT2D eigenvalue weighted by molar-refractivity contribution is -0.140. The summed E-state index contributed by atoms with van der Waals surface area (Å²) in [6.07, 6.45) is -0.575. The number of aromatic nitrogens is 4. The third-order valence-electron chi connectivity index (χ3n) is 5.59. The van der Waals surface area contributed by atoms with E-state index in [1.807, 2.05) is 15.6 Å². The summed E-state index contributed by atoms with van der Waals surface area (Å²) in [4.78, 5) is 17.5. The topological polar surface area (TPSA) is 111 Å². The number of aliphatic hydroxyl groups is 1. The molecule has 2 aromatic heterocycles. The van der Waals surface area contributed by atoms with Gasteiger partial charge in [-0.25, -0.2) is 4.79 Å². The molecule has 1 fully saturated rings. The fraction of sp³-hybridized carbons (Fsp3) is 0.611. The first-order valence-corrected chi connectivity index (χ1v) is 9.64. The number of ether oxygens (including phenoxy) is 1. The van der Waals surface area contributed by atoms with Crippen LogP contribution in [0.5, 0.6) is 0 Å². The molecule has 2 aliphatic rings. The van der Waals surface area contributed by atoms with Crippen LogP contribution in [0, 0.1) is 0 Å². The van der Waals surface area contributed by atoms with E-state index in [0.29, 0.717) is 17.7 Å². The second-order valence-electron chi connectivity index (χ2n) is 7.47. The van der Waals surface area contributed by atoms with Gasteiger partial charge in [-0.2, -0.15) is 18.9 Å². The van der Waals surface area contributed by atoms with Crippen LogP contribution in [-0.2, 0) is 11.3 Å². The van der Waals surface area contributed by atoms with Gasteiger partial charge in [0.05, 0.1) is 18.3 Å². The summed E-state index contributed by atoms with van der Waals surface area (Å²) in [5.41, 5.74) is 5.50. The monoisotopic (exact) mass is 410 g/mol. The van der Waals surface area contributed by atoms with Gasteiger partial charge in [-0.3, -0.25) is 14.1 Å². The first-order valence-electron chi connectivity index (χ1n) is 9.64. The highest BCUT2D eigenvalue weighted by Gasteiger charge is 2.60. The molecule has 2 aliphatic heterocycles. The first-order chi connectivity index (χ1) is 13.8. The van der Waals surface area contributed by atoms with Crippen LogP contribution in [0.3, 0.4) is 0 Å². The number of nitrogen functional groups attached to an aromatic ring is 1. The summed E-state index contributed by atoms with van der Waals surface area (Å²) in [7, 11) is 0. The van der Waals surface area contributed by atoms with Gasteiger partial charge in [0.15, 0.2) is 0 Å². The molecule has 4 atom stereocenters. The van der Waals surface area contributed by atoms with E-state index in [-0.39, 0.29) is 18.4 Å². The molecule has 29 heavy (non-hydrogen) atoms. The zero-order valence-electron chi connectivity index (χ0n) is 16.0. The molecule has 9 nitrogen and oxygen atoms in total. The fourth-order valence-electron chi connectivity index (χ4n) is 4.16. The molecule has 4 heterocycles. The lowest BCUT2D eigenvalue weighted by Crippen LogP contribution is -2.47. The quantitative estimate of drug-likeness (QED) is 0.749. The minimum absolute atomic E-state index is 0.000588. The summed E-state index contributed by atoms with van der Waals surface area (Å²) in [6, 6.07) is 3.17. The molecule has 0 spiro atoms. The van der Waals surface area contributed by atoms with Crippen molar-refractivity contribution in [3.8, 4) is 0 Å². The van der Waals surface area contributed by atoms with Crippen LogP contribution in [0.4, 0.5) is 14.6 Å². The normalized spacial score (nSPS) is 29.1. The Labute approximate surface area is 165 Å². The summed E-state index contributed by atoms with van der Waals surface area (Å²) < 4.78 is 37.7. The zero-order valence-corrected chi connectivity index (χ0v) is 16.0. The summed E-state index contributed by atoms with van der Waals surface area (Å²) in [6.45, 7) is 3.40. The van der Waals surface area contributed by atoms with Crippen molar-refractivity contribution in [2.75, 3.05) is 18.8 Å². The minimum Gasteiger partial charge on any atom is -0.384 e. The highest BCUT2D eigenvalue weighted by Crippen LogP contribution is 2.43. The van der Waals surface area contributed by atoms with E-state index in [9.17, 15) is 18.7 Å². The Kier molecular flexibility index (Phi) is 5.13. The highest BCUT2D eigenvalue weighted by atomic mass is 19.3. The lowest BCUT2D eigenvalue weighted by atomic mass is 10.0. The average Bonchev–Trinajstić information content (AvgIpc) is 3.23. The Morgan fingerprint density at radius 1 is 1.38 bits per heavy atom. The number of fused-ring (bicyclic) bond motifs is 1. The van der Waals surface area contributed by atoms with Gasteiger partial charge in [-0.15, -0.1) is 0 Å². The van der Waals surface area contributed by atoms with E-state index >= 15 is 0 Å². The van der Waals surface area contributed by atoms with E-state index in [2.05, 4.69) is 17.0 Å². The number of halogens is 2. The Bertz CT molecular complexity index is 932. The molecular weight excluding hydrogens is 386 g/mol. The Hall–Kier alpha value is -2.37. The van der Waals surface area contributed by atoms with Gasteiger partial charge in [0.2, 0.25) is 6.23 Å². The third kappa shape index (κ3) is 3.43. The van der Waals surface area contributed by atoms with Gasteiger partial charge in [0.25, 0.3) is 0 Å². The minimum atomic E-state index is -3.65. The number of aliphatic hydroxyl groups excluding tert-OH is 1. The van der Waals surface area contributed by atoms with Crippen molar-refractivity contribution in [1.82, 2.24) is 24.2 Å². The zero-order chi connectivity index (χ0) is 20.8. The molecule has 2 aromatic rings. The van der Waals surface area contributed by atoms with Crippen LogP contribution >= 0.6 is 0 Å². The van der Waals surface area contributed by atoms with Gasteiger partial charge in [0.1, 0.15) is 18.0 Å². The average molecular weight is 410 g/mol. The molecule has 0 radical (unpaired) electrons. The number of hydrogen-bond donors (Lipinski definition) is 2. The second kappa shape index (κ2) is 7.47. The molecule has 3 N–H and O–H groups in total. The second-order valence-corrected chi connectivity index (χ2v) is 7.47. The molecule has 1 unspecified atom stereocenters. The largest absolute Gasteiger partial charge is 0.384 e. The fourth-order valence-corrected chi connectivity index (χ4v) is 4.16. The van der Waals surface area contributed by atoms with Crippen molar-refractivity contribution in [3.63, 3.8) is 0 Å². The maximum atomic E-state index is 14.8. The number of rotatable bonds is 5. The maximum Gasteiger partial charge on any atom is 0.351 e. The summed E-state index contributed by atoms with van der Waals surface area (Å²) >= 11 is 0. The Morgan fingerprint density at radius 3 is 2.90 bits per heavy atom. The predicted molar refractivity (Wildman–Crippen MR) is 99.2 cm³/mol. The Balaban J connectivity index is 1.57. The lowest BCUT2D eigenvalue weighted by Gasteiger charge is -2.37. The SMILES string of the molecule is CCCC1c2ccnn2CCN1C[C@H]1O[C@@H](n2ccc(N)nc2=O)C(F)(F)[C@@H]1O. The first kappa shape index (κ1) is 19.9. The standard InChI is InChI=1S/C18H24F2N6O3/c1-2-3-11-12-4-6-22-26(12)9-8-24(11)10-13-15(27)18(19,20)16(29-13)25-7-5-14(21)23-17(25)28/h4-7,11,13,15-16,27H,2-3,8-10H2,1H3,(H2,21,23,28)/t11?,13-,15-,16-/m1/s1. The van der Waals surface area contributed by atoms with Crippen LogP contribution in [0.15, 0.2) is 29.3 Å². The highest BCUT2D eigenvalue weighted by molar-refractivity contribution is 5.23. The molecule has 0 saturated carbocycles. The smallest absolute Gasteiger partial charge is 0.351 e. The molecule has 0 amide bonds. The van der Waals surface area contributed by atoms with Crippen LogP contribution in [0.2, 0.25) is 0 Å². The van der Waals surface area contributed by atoms with Crippen molar-refractivity contribution in [1.29, 1.82) is 0 Å². The summed E-state index contributed by atoms with van der Waals surface area (Å²) in [5.74, 6) is -3.72. The summed E-state index contributed by atoms with van der Waals surface area (Å²) in [5, 5.41) is 14.6. The van der Waals surface area contributed by atoms with Gasteiger partial charge in [-0.05, 0) is 18.6 Å². The van der Waals surface area contributed by atoms with Crippen molar-refractivity contribution in [2.45, 2.75) is 56.7 Å². The Morgan fingerprint density at radius 2 is 2.17 bits per heavy atom. The molecular formula is C18H24F2N6O3. The van der Waals surface area contributed by atoms with Gasteiger partial charge in [-0.1, -0.05) is 13.3 Å². The molecule has 158 valence electrons. The predicted octanol–water partition coefficient (Wildman–Crippen LogP) is 0.773. The van der Waals surface area contributed by atoms with Gasteiger partial charge < -0.3 is 15.6 Å². The van der Waals surface area contributed by atoms with Crippen LogP contribution in [-0.4, -0.2) is 60.6 Å². The third-order valence-corrected chi connectivity index (χ3v) is 5.59. The van der Waals surface area contributed by atoms with E-state index < -0.39 is 30.0 Å². The molecule has 4 rings (SSSR count). The van der Waals surface area contributed by atoms with Crippen LogP contribution in [0.25, 0.3) is 0 Å². The van der Waals surface area contributed by atoms with Crippen LogP contribution < -0.4 is 11.4 Å². The van der Waals surface area contributed by atoms with E-state index in [4.69, 9.17) is 10.5 Å². The van der Waals surface area contributed by atoms with Crippen molar-refractivity contribution >= 4 is 5.82 Å². The number of nitrogens with zero attached hydrogens (tertiary/aromatic N) is 5. The molecule has 1 saturated heterocycles. The van der Waals surface area contributed by atoms with E-state index in [1.54, 1.807) is 6.20 Å².